The lowest BCUT2D eigenvalue weighted by Gasteiger charge is -2.19. The molecule has 1 aromatic rings. The molecule has 0 aliphatic rings. The molecule has 0 spiro atoms. The van der Waals surface area contributed by atoms with Gasteiger partial charge in [0.1, 0.15) is 0 Å². The van der Waals surface area contributed by atoms with Crippen LogP contribution in [0.2, 0.25) is 0 Å². The smallest absolute Gasteiger partial charge is 0.309 e. The molecule has 4 nitrogen and oxygen atoms in total. The lowest BCUT2D eigenvalue weighted by atomic mass is 10.1. The van der Waals surface area contributed by atoms with Crippen LogP contribution in [-0.4, -0.2) is 27.7 Å². The molecule has 1 heterocycles. The molecular weight excluding hydrogens is 245 g/mol. The summed E-state index contributed by atoms with van der Waals surface area (Å²) in [6, 6.07) is -0.349. The van der Waals surface area contributed by atoms with Gasteiger partial charge in [-0.3, -0.25) is 0 Å². The maximum absolute atomic E-state index is 12.3. The van der Waals surface area contributed by atoms with Gasteiger partial charge in [-0.2, -0.15) is 13.2 Å². The van der Waals surface area contributed by atoms with Crippen molar-refractivity contribution in [1.29, 1.82) is 0 Å². The van der Waals surface area contributed by atoms with Crippen molar-refractivity contribution in [2.24, 2.45) is 0 Å². The molecule has 1 aromatic heterocycles. The van der Waals surface area contributed by atoms with Crippen LogP contribution in [0.15, 0.2) is 6.20 Å². The number of hydrogen-bond donors (Lipinski definition) is 1. The summed E-state index contributed by atoms with van der Waals surface area (Å²) in [6.07, 6.45) is -2.51. The van der Waals surface area contributed by atoms with Gasteiger partial charge in [0.15, 0.2) is 0 Å². The monoisotopic (exact) mass is 264 g/mol. The van der Waals surface area contributed by atoms with Gasteiger partial charge in [0.25, 0.3) is 0 Å². The van der Waals surface area contributed by atoms with Gasteiger partial charge in [-0.15, -0.1) is 5.10 Å². The molecule has 0 amide bonds. The zero-order chi connectivity index (χ0) is 13.6. The molecule has 0 bridgehead atoms. The molecule has 0 aromatic carbocycles. The Hall–Kier alpha value is -1.11. The van der Waals surface area contributed by atoms with Crippen LogP contribution in [0.3, 0.4) is 0 Å². The molecule has 0 aliphatic carbocycles. The Balaban J connectivity index is 2.73. The van der Waals surface area contributed by atoms with Gasteiger partial charge in [0.2, 0.25) is 0 Å². The summed E-state index contributed by atoms with van der Waals surface area (Å²) < 4.78 is 38.5. The maximum Gasteiger partial charge on any atom is 0.389 e. The summed E-state index contributed by atoms with van der Waals surface area (Å²) in [5.74, 6) is 0. The molecule has 0 saturated carbocycles. The van der Waals surface area contributed by atoms with Crippen molar-refractivity contribution in [3.05, 3.63) is 11.9 Å². The van der Waals surface area contributed by atoms with E-state index in [0.29, 0.717) is 13.1 Å². The standard InChI is InChI=1S/C11H19F3N4/c1-3-7-18-10(8-16-17-18)9(15-4-2)5-6-11(12,13)14/h8-9,15H,3-7H2,1-2H3. The molecule has 0 aliphatic heterocycles. The Morgan fingerprint density at radius 3 is 2.67 bits per heavy atom. The van der Waals surface area contributed by atoms with Crippen LogP contribution < -0.4 is 5.32 Å². The van der Waals surface area contributed by atoms with E-state index in [2.05, 4.69) is 15.6 Å². The molecule has 0 fully saturated rings. The third kappa shape index (κ3) is 4.64. The van der Waals surface area contributed by atoms with E-state index in [4.69, 9.17) is 0 Å². The van der Waals surface area contributed by atoms with E-state index in [1.807, 2.05) is 13.8 Å². The summed E-state index contributed by atoms with van der Waals surface area (Å²) in [6.45, 7) is 5.14. The first kappa shape index (κ1) is 14.9. The SMILES string of the molecule is CCCn1nncc1C(CCC(F)(F)F)NCC. The topological polar surface area (TPSA) is 42.7 Å². The molecular formula is C11H19F3N4. The Kier molecular flexibility index (Phi) is 5.58. The molecule has 0 saturated heterocycles. The molecule has 0 radical (unpaired) electrons. The Morgan fingerprint density at radius 2 is 2.11 bits per heavy atom. The van der Waals surface area contributed by atoms with Crippen molar-refractivity contribution in [3.8, 4) is 0 Å². The lowest BCUT2D eigenvalue weighted by molar-refractivity contribution is -0.136. The second kappa shape index (κ2) is 6.72. The third-order valence-electron chi connectivity index (χ3n) is 2.61. The van der Waals surface area contributed by atoms with E-state index >= 15 is 0 Å². The van der Waals surface area contributed by atoms with Gasteiger partial charge in [0.05, 0.1) is 17.9 Å². The lowest BCUT2D eigenvalue weighted by Crippen LogP contribution is -2.25. The normalized spacial score (nSPS) is 13.8. The van der Waals surface area contributed by atoms with Crippen LogP contribution in [-0.2, 0) is 6.54 Å². The number of hydrogen-bond acceptors (Lipinski definition) is 3. The zero-order valence-corrected chi connectivity index (χ0v) is 10.7. The van der Waals surface area contributed by atoms with Gasteiger partial charge >= 0.3 is 6.18 Å². The minimum Gasteiger partial charge on any atom is -0.309 e. The summed E-state index contributed by atoms with van der Waals surface area (Å²) in [4.78, 5) is 0. The number of nitrogens with one attached hydrogen (secondary N) is 1. The fraction of sp³-hybridized carbons (Fsp3) is 0.818. The van der Waals surface area contributed by atoms with E-state index in [9.17, 15) is 13.2 Å². The largest absolute Gasteiger partial charge is 0.389 e. The van der Waals surface area contributed by atoms with Crippen LogP contribution in [0, 0.1) is 0 Å². The van der Waals surface area contributed by atoms with Crippen molar-refractivity contribution in [1.82, 2.24) is 20.3 Å². The number of rotatable bonds is 7. The highest BCUT2D eigenvalue weighted by Crippen LogP contribution is 2.27. The van der Waals surface area contributed by atoms with Crippen molar-refractivity contribution >= 4 is 0 Å². The Morgan fingerprint density at radius 1 is 1.39 bits per heavy atom. The van der Waals surface area contributed by atoms with Gasteiger partial charge in [0, 0.05) is 13.0 Å². The molecule has 1 rings (SSSR count). The molecule has 18 heavy (non-hydrogen) atoms. The number of aryl methyl sites for hydroxylation is 1. The number of nitrogens with zero attached hydrogens (tertiary/aromatic N) is 3. The predicted octanol–water partition coefficient (Wildman–Crippen LogP) is 2.68. The highest BCUT2D eigenvalue weighted by molar-refractivity contribution is 5.02. The number of aromatic nitrogens is 3. The average Bonchev–Trinajstić information content (AvgIpc) is 2.72. The van der Waals surface area contributed by atoms with Gasteiger partial charge in [-0.05, 0) is 19.4 Å². The minimum atomic E-state index is -4.13. The molecule has 1 atom stereocenters. The van der Waals surface area contributed by atoms with Gasteiger partial charge < -0.3 is 5.32 Å². The predicted molar refractivity (Wildman–Crippen MR) is 62.0 cm³/mol. The maximum atomic E-state index is 12.3. The van der Waals surface area contributed by atoms with E-state index in [1.54, 1.807) is 10.9 Å². The molecule has 1 N–H and O–H groups in total. The third-order valence-corrected chi connectivity index (χ3v) is 2.61. The summed E-state index contributed by atoms with van der Waals surface area (Å²) in [7, 11) is 0. The minimum absolute atomic E-state index is 0.00836. The van der Waals surface area contributed by atoms with E-state index in [-0.39, 0.29) is 12.5 Å². The fourth-order valence-corrected chi connectivity index (χ4v) is 1.83. The van der Waals surface area contributed by atoms with E-state index in [0.717, 1.165) is 12.1 Å². The highest BCUT2D eigenvalue weighted by atomic mass is 19.4. The van der Waals surface area contributed by atoms with Gasteiger partial charge in [-0.25, -0.2) is 4.68 Å². The van der Waals surface area contributed by atoms with Crippen LogP contribution in [0.25, 0.3) is 0 Å². The van der Waals surface area contributed by atoms with Gasteiger partial charge in [-0.1, -0.05) is 19.1 Å². The molecule has 7 heteroatoms. The van der Waals surface area contributed by atoms with Crippen molar-refractivity contribution in [3.63, 3.8) is 0 Å². The first-order valence-electron chi connectivity index (χ1n) is 6.16. The summed E-state index contributed by atoms with van der Waals surface area (Å²) in [5.41, 5.74) is 0.725. The average molecular weight is 264 g/mol. The first-order chi connectivity index (χ1) is 8.48. The molecule has 104 valence electrons. The number of halogens is 3. The van der Waals surface area contributed by atoms with Crippen LogP contribution >= 0.6 is 0 Å². The van der Waals surface area contributed by atoms with Crippen LogP contribution in [0.5, 0.6) is 0 Å². The summed E-state index contributed by atoms with van der Waals surface area (Å²) >= 11 is 0. The van der Waals surface area contributed by atoms with Crippen molar-refractivity contribution in [2.45, 2.75) is 51.9 Å². The quantitative estimate of drug-likeness (QED) is 0.823. The Bertz CT molecular complexity index is 348. The highest BCUT2D eigenvalue weighted by Gasteiger charge is 2.29. The van der Waals surface area contributed by atoms with E-state index in [1.165, 1.54) is 0 Å². The van der Waals surface area contributed by atoms with Crippen LogP contribution in [0.1, 0.15) is 44.8 Å². The second-order valence-electron chi connectivity index (χ2n) is 4.15. The second-order valence-corrected chi connectivity index (χ2v) is 4.15. The van der Waals surface area contributed by atoms with Crippen LogP contribution in [0.4, 0.5) is 13.2 Å². The van der Waals surface area contributed by atoms with E-state index < -0.39 is 12.6 Å². The van der Waals surface area contributed by atoms with Crippen molar-refractivity contribution < 1.29 is 13.2 Å². The molecule has 1 unspecified atom stereocenters. The summed E-state index contributed by atoms with van der Waals surface area (Å²) in [5, 5.41) is 10.7. The zero-order valence-electron chi connectivity index (χ0n) is 10.7. The first-order valence-corrected chi connectivity index (χ1v) is 6.16. The van der Waals surface area contributed by atoms with Crippen molar-refractivity contribution in [2.75, 3.05) is 6.54 Å². The fourth-order valence-electron chi connectivity index (χ4n) is 1.83. The number of alkyl halides is 3. The Labute approximate surface area is 105 Å².